The molecule has 0 bridgehead atoms. The van der Waals surface area contributed by atoms with Crippen molar-refractivity contribution in [3.05, 3.63) is 34.5 Å². The quantitative estimate of drug-likeness (QED) is 0.921. The van der Waals surface area contributed by atoms with Gasteiger partial charge in [-0.15, -0.1) is 0 Å². The molecule has 0 radical (unpaired) electrons. The van der Waals surface area contributed by atoms with Gasteiger partial charge in [0.05, 0.1) is 5.69 Å². The Morgan fingerprint density at radius 2 is 2.05 bits per heavy atom. The Bertz CT molecular complexity index is 650. The van der Waals surface area contributed by atoms with Crippen molar-refractivity contribution in [2.45, 2.75) is 46.5 Å². The van der Waals surface area contributed by atoms with E-state index < -0.39 is 0 Å². The zero-order valence-electron chi connectivity index (χ0n) is 14.1. The van der Waals surface area contributed by atoms with Gasteiger partial charge in [-0.25, -0.2) is 0 Å². The van der Waals surface area contributed by atoms with Crippen LogP contribution in [0.5, 0.6) is 0 Å². The van der Waals surface area contributed by atoms with Crippen molar-refractivity contribution in [2.24, 2.45) is 7.05 Å². The van der Waals surface area contributed by atoms with Crippen molar-refractivity contribution in [3.8, 4) is 0 Å². The molecule has 2 rings (SSSR count). The standard InChI is InChI=1S/C16H24N4O2/c1-9(2)14-7-13(18-20(14)6)16(21)17-8-10(3)15-11(4)19-22-12(15)5/h7,9-10H,8H2,1-6H3,(H,17,21)/t10-/m1/s1. The molecule has 0 aromatic carbocycles. The van der Waals surface area contributed by atoms with Crippen molar-refractivity contribution in [2.75, 3.05) is 6.54 Å². The minimum atomic E-state index is -0.152. The van der Waals surface area contributed by atoms with Gasteiger partial charge in [0.25, 0.3) is 5.91 Å². The van der Waals surface area contributed by atoms with Crippen LogP contribution in [-0.2, 0) is 7.05 Å². The first-order chi connectivity index (χ1) is 10.3. The topological polar surface area (TPSA) is 73.0 Å². The van der Waals surface area contributed by atoms with Crippen molar-refractivity contribution < 1.29 is 9.32 Å². The molecule has 2 heterocycles. The summed E-state index contributed by atoms with van der Waals surface area (Å²) >= 11 is 0. The summed E-state index contributed by atoms with van der Waals surface area (Å²) in [5.74, 6) is 1.13. The summed E-state index contributed by atoms with van der Waals surface area (Å²) in [6.07, 6.45) is 0. The van der Waals surface area contributed by atoms with Gasteiger partial charge in [-0.05, 0) is 25.8 Å². The molecule has 120 valence electrons. The summed E-state index contributed by atoms with van der Waals surface area (Å²) in [6.45, 7) is 10.5. The van der Waals surface area contributed by atoms with E-state index in [1.54, 1.807) is 4.68 Å². The molecule has 6 heteroatoms. The molecule has 0 unspecified atom stereocenters. The molecular weight excluding hydrogens is 280 g/mol. The molecule has 0 saturated carbocycles. The second-order valence-corrected chi connectivity index (χ2v) is 6.08. The molecule has 1 atom stereocenters. The number of nitrogens with zero attached hydrogens (tertiary/aromatic N) is 3. The van der Waals surface area contributed by atoms with E-state index in [0.717, 1.165) is 22.7 Å². The number of carbonyl (C=O) groups is 1. The molecule has 0 aliphatic heterocycles. The van der Waals surface area contributed by atoms with Crippen LogP contribution in [0.25, 0.3) is 0 Å². The summed E-state index contributed by atoms with van der Waals surface area (Å²) in [4.78, 5) is 12.3. The van der Waals surface area contributed by atoms with Gasteiger partial charge in [0.15, 0.2) is 0 Å². The molecule has 0 spiro atoms. The van der Waals surface area contributed by atoms with E-state index in [0.29, 0.717) is 18.2 Å². The zero-order chi connectivity index (χ0) is 16.4. The lowest BCUT2D eigenvalue weighted by Crippen LogP contribution is -2.28. The van der Waals surface area contributed by atoms with E-state index >= 15 is 0 Å². The van der Waals surface area contributed by atoms with Crippen LogP contribution in [0.2, 0.25) is 0 Å². The van der Waals surface area contributed by atoms with E-state index in [9.17, 15) is 4.79 Å². The van der Waals surface area contributed by atoms with Crippen LogP contribution in [0.3, 0.4) is 0 Å². The molecule has 0 aliphatic carbocycles. The van der Waals surface area contributed by atoms with Crippen LogP contribution in [0.4, 0.5) is 0 Å². The summed E-state index contributed by atoms with van der Waals surface area (Å²) in [5.41, 5.74) is 3.43. The maximum atomic E-state index is 12.3. The monoisotopic (exact) mass is 304 g/mol. The second kappa shape index (κ2) is 6.34. The first-order valence-corrected chi connectivity index (χ1v) is 7.56. The third-order valence-electron chi connectivity index (χ3n) is 3.89. The number of carbonyl (C=O) groups excluding carboxylic acids is 1. The summed E-state index contributed by atoms with van der Waals surface area (Å²) in [7, 11) is 1.86. The number of nitrogens with one attached hydrogen (secondary N) is 1. The van der Waals surface area contributed by atoms with Gasteiger partial charge in [0.1, 0.15) is 11.5 Å². The highest BCUT2D eigenvalue weighted by atomic mass is 16.5. The Morgan fingerprint density at radius 3 is 2.55 bits per heavy atom. The normalized spacial score (nSPS) is 12.7. The lowest BCUT2D eigenvalue weighted by Gasteiger charge is -2.11. The van der Waals surface area contributed by atoms with Crippen LogP contribution in [0.1, 0.15) is 65.8 Å². The number of aromatic nitrogens is 3. The maximum absolute atomic E-state index is 12.3. The number of hydrogen-bond donors (Lipinski definition) is 1. The number of amides is 1. The Kier molecular flexibility index (Phi) is 4.68. The van der Waals surface area contributed by atoms with Gasteiger partial charge >= 0.3 is 0 Å². The predicted octanol–water partition coefficient (Wildman–Crippen LogP) is 2.68. The largest absolute Gasteiger partial charge is 0.361 e. The van der Waals surface area contributed by atoms with Gasteiger partial charge in [0.2, 0.25) is 0 Å². The molecule has 6 nitrogen and oxygen atoms in total. The predicted molar refractivity (Wildman–Crippen MR) is 84.0 cm³/mol. The van der Waals surface area contributed by atoms with Gasteiger partial charge < -0.3 is 9.84 Å². The summed E-state index contributed by atoms with van der Waals surface area (Å²) in [5, 5.41) is 11.2. The fourth-order valence-corrected chi connectivity index (χ4v) is 2.77. The highest BCUT2D eigenvalue weighted by Crippen LogP contribution is 2.22. The van der Waals surface area contributed by atoms with E-state index in [-0.39, 0.29) is 11.8 Å². The highest BCUT2D eigenvalue weighted by molar-refractivity contribution is 5.92. The lowest BCUT2D eigenvalue weighted by atomic mass is 9.99. The molecule has 22 heavy (non-hydrogen) atoms. The smallest absolute Gasteiger partial charge is 0.271 e. The lowest BCUT2D eigenvalue weighted by molar-refractivity contribution is 0.0946. The number of hydrogen-bond acceptors (Lipinski definition) is 4. The molecule has 0 saturated heterocycles. The van der Waals surface area contributed by atoms with E-state index in [1.165, 1.54) is 0 Å². The minimum absolute atomic E-state index is 0.142. The van der Waals surface area contributed by atoms with Crippen LogP contribution in [0.15, 0.2) is 10.6 Å². The molecule has 2 aromatic rings. The molecular formula is C16H24N4O2. The van der Waals surface area contributed by atoms with Crippen LogP contribution in [-0.4, -0.2) is 27.4 Å². The number of rotatable bonds is 5. The van der Waals surface area contributed by atoms with Gasteiger partial charge in [-0.1, -0.05) is 25.9 Å². The van der Waals surface area contributed by atoms with E-state index in [4.69, 9.17) is 4.52 Å². The average molecular weight is 304 g/mol. The fraction of sp³-hybridized carbons (Fsp3) is 0.562. The van der Waals surface area contributed by atoms with Crippen molar-refractivity contribution in [3.63, 3.8) is 0 Å². The third-order valence-corrected chi connectivity index (χ3v) is 3.89. The molecule has 0 fully saturated rings. The molecule has 1 N–H and O–H groups in total. The van der Waals surface area contributed by atoms with E-state index in [2.05, 4.69) is 29.4 Å². The van der Waals surface area contributed by atoms with Crippen LogP contribution < -0.4 is 5.32 Å². The highest BCUT2D eigenvalue weighted by Gasteiger charge is 2.19. The van der Waals surface area contributed by atoms with Crippen molar-refractivity contribution in [1.82, 2.24) is 20.3 Å². The fourth-order valence-electron chi connectivity index (χ4n) is 2.77. The summed E-state index contributed by atoms with van der Waals surface area (Å²) in [6, 6.07) is 1.85. The van der Waals surface area contributed by atoms with Crippen LogP contribution >= 0.6 is 0 Å². The SMILES string of the molecule is Cc1noc(C)c1[C@H](C)CNC(=O)c1cc(C(C)C)n(C)n1. The minimum Gasteiger partial charge on any atom is -0.361 e. The van der Waals surface area contributed by atoms with Gasteiger partial charge in [-0.3, -0.25) is 9.48 Å². The summed E-state index contributed by atoms with van der Waals surface area (Å²) < 4.78 is 6.94. The Hall–Kier alpha value is -2.11. The first kappa shape index (κ1) is 16.3. The average Bonchev–Trinajstić information content (AvgIpc) is 2.99. The van der Waals surface area contributed by atoms with Crippen LogP contribution in [0, 0.1) is 13.8 Å². The third kappa shape index (κ3) is 3.21. The van der Waals surface area contributed by atoms with Gasteiger partial charge in [0, 0.05) is 30.8 Å². The Morgan fingerprint density at radius 1 is 1.36 bits per heavy atom. The molecule has 1 amide bonds. The van der Waals surface area contributed by atoms with Gasteiger partial charge in [-0.2, -0.15) is 5.10 Å². The van der Waals surface area contributed by atoms with E-state index in [1.807, 2.05) is 33.9 Å². The number of aryl methyl sites for hydroxylation is 3. The first-order valence-electron chi connectivity index (χ1n) is 7.56. The van der Waals surface area contributed by atoms with Crippen molar-refractivity contribution >= 4 is 5.91 Å². The zero-order valence-corrected chi connectivity index (χ0v) is 14.1. The molecule has 0 aliphatic rings. The Labute approximate surface area is 130 Å². The maximum Gasteiger partial charge on any atom is 0.271 e. The Balaban J connectivity index is 2.02. The van der Waals surface area contributed by atoms with Crippen molar-refractivity contribution in [1.29, 1.82) is 0 Å². The molecule has 2 aromatic heterocycles. The second-order valence-electron chi connectivity index (χ2n) is 6.08.